The molecule has 1 aliphatic rings. The van der Waals surface area contributed by atoms with Crippen LogP contribution in [-0.4, -0.2) is 17.8 Å². The predicted molar refractivity (Wildman–Crippen MR) is 84.6 cm³/mol. The van der Waals surface area contributed by atoms with Gasteiger partial charge in [0.05, 0.1) is 6.10 Å². The van der Waals surface area contributed by atoms with Crippen molar-refractivity contribution in [2.45, 2.75) is 58.1 Å². The van der Waals surface area contributed by atoms with Crippen molar-refractivity contribution in [3.8, 4) is 0 Å². The van der Waals surface area contributed by atoms with Crippen molar-refractivity contribution in [3.63, 3.8) is 0 Å². The van der Waals surface area contributed by atoms with E-state index in [-0.39, 0.29) is 6.10 Å². The van der Waals surface area contributed by atoms with Gasteiger partial charge in [0.1, 0.15) is 0 Å². The first-order valence-corrected chi connectivity index (χ1v) is 8.15. The smallest absolute Gasteiger partial charge is 0.0687 e. The highest BCUT2D eigenvalue weighted by Crippen LogP contribution is 2.34. The fourth-order valence-electron chi connectivity index (χ4n) is 3.17. The molecule has 0 aromatic heterocycles. The molecule has 0 spiro atoms. The molecular formula is C18H29NO. The number of hydrogen-bond donors (Lipinski definition) is 2. The second-order valence-corrected chi connectivity index (χ2v) is 6.51. The number of hydrogen-bond acceptors (Lipinski definition) is 2. The van der Waals surface area contributed by atoms with Crippen molar-refractivity contribution in [1.82, 2.24) is 5.32 Å². The van der Waals surface area contributed by atoms with Gasteiger partial charge < -0.3 is 10.4 Å². The molecule has 0 heterocycles. The first-order chi connectivity index (χ1) is 9.68. The Morgan fingerprint density at radius 3 is 2.35 bits per heavy atom. The quantitative estimate of drug-likeness (QED) is 0.825. The second kappa shape index (κ2) is 7.80. The molecule has 1 aromatic carbocycles. The molecule has 1 aromatic rings. The molecule has 0 aliphatic heterocycles. The van der Waals surface area contributed by atoms with Gasteiger partial charge in [-0.15, -0.1) is 0 Å². The molecule has 2 heteroatoms. The molecule has 0 amide bonds. The first-order valence-electron chi connectivity index (χ1n) is 8.15. The Morgan fingerprint density at radius 1 is 1.10 bits per heavy atom. The molecule has 112 valence electrons. The summed E-state index contributed by atoms with van der Waals surface area (Å²) in [6, 6.07) is 11.1. The monoisotopic (exact) mass is 275 g/mol. The van der Waals surface area contributed by atoms with Crippen LogP contribution in [0.4, 0.5) is 0 Å². The highest BCUT2D eigenvalue weighted by atomic mass is 16.3. The van der Waals surface area contributed by atoms with Crippen LogP contribution in [0.25, 0.3) is 0 Å². The molecule has 2 atom stereocenters. The third-order valence-electron chi connectivity index (χ3n) is 4.60. The number of rotatable bonds is 6. The van der Waals surface area contributed by atoms with Gasteiger partial charge in [0.2, 0.25) is 0 Å². The molecule has 0 radical (unpaired) electrons. The van der Waals surface area contributed by atoms with E-state index in [1.165, 1.54) is 37.7 Å². The lowest BCUT2D eigenvalue weighted by Gasteiger charge is -2.32. The Hall–Kier alpha value is -0.860. The standard InChI is InChI=1S/C18H29NO/c1-14(2)17(20)13-19-18(15-9-5-3-6-10-15)16-11-7-4-8-12-16/h3,5-6,9-10,14,16-20H,4,7-8,11-13H2,1-2H3. The van der Waals surface area contributed by atoms with E-state index in [4.69, 9.17) is 0 Å². The van der Waals surface area contributed by atoms with Gasteiger partial charge in [-0.3, -0.25) is 0 Å². The number of nitrogens with one attached hydrogen (secondary N) is 1. The minimum absolute atomic E-state index is 0.259. The van der Waals surface area contributed by atoms with Crippen molar-refractivity contribution >= 4 is 0 Å². The van der Waals surface area contributed by atoms with E-state index in [9.17, 15) is 5.11 Å². The Labute approximate surface area is 123 Å². The molecule has 2 nitrogen and oxygen atoms in total. The molecule has 1 aliphatic carbocycles. The highest BCUT2D eigenvalue weighted by molar-refractivity contribution is 5.20. The average molecular weight is 275 g/mol. The topological polar surface area (TPSA) is 32.3 Å². The Balaban J connectivity index is 2.03. The van der Waals surface area contributed by atoms with Gasteiger partial charge in [-0.25, -0.2) is 0 Å². The van der Waals surface area contributed by atoms with Crippen molar-refractivity contribution in [1.29, 1.82) is 0 Å². The van der Waals surface area contributed by atoms with Crippen LogP contribution in [0, 0.1) is 11.8 Å². The van der Waals surface area contributed by atoms with E-state index in [0.717, 1.165) is 0 Å². The van der Waals surface area contributed by atoms with Gasteiger partial charge in [-0.1, -0.05) is 63.4 Å². The van der Waals surface area contributed by atoms with Crippen molar-refractivity contribution < 1.29 is 5.11 Å². The molecular weight excluding hydrogens is 246 g/mol. The van der Waals surface area contributed by atoms with Crippen LogP contribution < -0.4 is 5.32 Å². The van der Waals surface area contributed by atoms with E-state index in [2.05, 4.69) is 49.5 Å². The molecule has 0 bridgehead atoms. The SMILES string of the molecule is CC(C)C(O)CNC(c1ccccc1)C1CCCCC1. The molecule has 20 heavy (non-hydrogen) atoms. The summed E-state index contributed by atoms with van der Waals surface area (Å²) in [6.07, 6.45) is 6.44. The average Bonchev–Trinajstić information content (AvgIpc) is 2.49. The van der Waals surface area contributed by atoms with E-state index >= 15 is 0 Å². The summed E-state index contributed by atoms with van der Waals surface area (Å²) in [5, 5.41) is 13.7. The van der Waals surface area contributed by atoms with Crippen molar-refractivity contribution in [2.24, 2.45) is 11.8 Å². The van der Waals surface area contributed by atoms with E-state index in [1.807, 2.05) is 0 Å². The lowest BCUT2D eigenvalue weighted by Crippen LogP contribution is -2.37. The van der Waals surface area contributed by atoms with Crippen molar-refractivity contribution in [2.75, 3.05) is 6.54 Å². The number of aliphatic hydroxyl groups excluding tert-OH is 1. The van der Waals surface area contributed by atoms with Gasteiger partial charge in [-0.05, 0) is 30.2 Å². The molecule has 1 fully saturated rings. The lowest BCUT2D eigenvalue weighted by molar-refractivity contribution is 0.114. The minimum atomic E-state index is -0.259. The third kappa shape index (κ3) is 4.32. The van der Waals surface area contributed by atoms with Crippen LogP contribution in [0.3, 0.4) is 0 Å². The number of aliphatic hydroxyl groups is 1. The van der Waals surface area contributed by atoms with Crippen LogP contribution >= 0.6 is 0 Å². The number of benzene rings is 1. The van der Waals surface area contributed by atoms with E-state index in [0.29, 0.717) is 24.4 Å². The summed E-state index contributed by atoms with van der Waals surface area (Å²) in [5.74, 6) is 1.02. The maximum absolute atomic E-state index is 10.1. The van der Waals surface area contributed by atoms with Gasteiger partial charge in [0, 0.05) is 12.6 Å². The van der Waals surface area contributed by atoms with Gasteiger partial charge in [0.15, 0.2) is 0 Å². The fraction of sp³-hybridized carbons (Fsp3) is 0.667. The lowest BCUT2D eigenvalue weighted by atomic mass is 9.81. The normalized spacial score (nSPS) is 20.0. The molecule has 0 saturated heterocycles. The molecule has 1 saturated carbocycles. The second-order valence-electron chi connectivity index (χ2n) is 6.51. The van der Waals surface area contributed by atoms with Crippen molar-refractivity contribution in [3.05, 3.63) is 35.9 Å². The molecule has 2 N–H and O–H groups in total. The van der Waals surface area contributed by atoms with Crippen LogP contribution in [0.5, 0.6) is 0 Å². The largest absolute Gasteiger partial charge is 0.392 e. The Morgan fingerprint density at radius 2 is 1.75 bits per heavy atom. The zero-order chi connectivity index (χ0) is 14.4. The van der Waals surface area contributed by atoms with Crippen LogP contribution in [0.15, 0.2) is 30.3 Å². The summed E-state index contributed by atoms with van der Waals surface area (Å²) >= 11 is 0. The molecule has 2 rings (SSSR count). The van der Waals surface area contributed by atoms with E-state index in [1.54, 1.807) is 0 Å². The van der Waals surface area contributed by atoms with Crippen LogP contribution in [-0.2, 0) is 0 Å². The summed E-state index contributed by atoms with van der Waals surface area (Å²) < 4.78 is 0. The highest BCUT2D eigenvalue weighted by Gasteiger charge is 2.25. The van der Waals surface area contributed by atoms with Gasteiger partial charge >= 0.3 is 0 Å². The fourth-order valence-corrected chi connectivity index (χ4v) is 3.17. The minimum Gasteiger partial charge on any atom is -0.392 e. The predicted octanol–water partition coefficient (Wildman–Crippen LogP) is 3.91. The van der Waals surface area contributed by atoms with Crippen LogP contribution in [0.1, 0.15) is 57.6 Å². The summed E-state index contributed by atoms with van der Waals surface area (Å²) in [4.78, 5) is 0. The zero-order valence-corrected chi connectivity index (χ0v) is 12.9. The first kappa shape index (κ1) is 15.5. The third-order valence-corrected chi connectivity index (χ3v) is 4.60. The maximum atomic E-state index is 10.1. The van der Waals surface area contributed by atoms with E-state index < -0.39 is 0 Å². The Bertz CT molecular complexity index is 370. The van der Waals surface area contributed by atoms with Gasteiger partial charge in [-0.2, -0.15) is 0 Å². The van der Waals surface area contributed by atoms with Gasteiger partial charge in [0.25, 0.3) is 0 Å². The summed E-state index contributed by atoms with van der Waals surface area (Å²) in [5.41, 5.74) is 1.37. The summed E-state index contributed by atoms with van der Waals surface area (Å²) in [7, 11) is 0. The molecule has 2 unspecified atom stereocenters. The van der Waals surface area contributed by atoms with Crippen LogP contribution in [0.2, 0.25) is 0 Å². The zero-order valence-electron chi connectivity index (χ0n) is 12.9. The Kier molecular flexibility index (Phi) is 6.06. The maximum Gasteiger partial charge on any atom is 0.0687 e. The summed E-state index contributed by atoms with van der Waals surface area (Å²) in [6.45, 7) is 4.84.